The Morgan fingerprint density at radius 1 is 1.71 bits per heavy atom. The van der Waals surface area contributed by atoms with Gasteiger partial charge in [0.15, 0.2) is 0 Å². The average Bonchev–Trinajstić information content (AvgIpc) is 2.17. The van der Waals surface area contributed by atoms with Crippen molar-refractivity contribution in [2.75, 3.05) is 7.11 Å². The van der Waals surface area contributed by atoms with Gasteiger partial charge in [-0.15, -0.1) is 0 Å². The van der Waals surface area contributed by atoms with Crippen molar-refractivity contribution in [2.45, 2.75) is 19.6 Å². The summed E-state index contributed by atoms with van der Waals surface area (Å²) in [7, 11) is 1.67. The first-order valence-corrected chi connectivity index (χ1v) is 5.46. The Kier molecular flexibility index (Phi) is 4.88. The second-order valence-electron chi connectivity index (χ2n) is 2.98. The number of ether oxygens (including phenoxy) is 1. The highest BCUT2D eigenvalue weighted by atomic mass is 79.9. The zero-order valence-electron chi connectivity index (χ0n) is 8.12. The van der Waals surface area contributed by atoms with Crippen molar-refractivity contribution in [1.29, 1.82) is 0 Å². The Balaban J connectivity index is 3.01. The van der Waals surface area contributed by atoms with Gasteiger partial charge in [-0.25, -0.2) is 0 Å². The summed E-state index contributed by atoms with van der Waals surface area (Å²) in [5.41, 5.74) is 2.03. The maximum Gasteiger partial charge on any atom is 0.0731 e. The second-order valence-corrected chi connectivity index (χ2v) is 4.16. The van der Waals surface area contributed by atoms with Crippen LogP contribution < -0.4 is 4.72 Å². The maximum atomic E-state index is 5.10. The summed E-state index contributed by atoms with van der Waals surface area (Å²) < 4.78 is 8.92. The summed E-state index contributed by atoms with van der Waals surface area (Å²) in [6.07, 6.45) is 1.77. The Hall–Kier alpha value is -0.100. The number of nitrogens with zero attached hydrogens (tertiary/aromatic N) is 1. The van der Waals surface area contributed by atoms with Crippen molar-refractivity contribution < 1.29 is 4.74 Å². The van der Waals surface area contributed by atoms with E-state index in [1.807, 2.05) is 13.0 Å². The van der Waals surface area contributed by atoms with Crippen LogP contribution in [-0.2, 0) is 11.3 Å². The fraction of sp³-hybridized carbons (Fsp3) is 0.444. The molecule has 0 aromatic carbocycles. The molecule has 1 rings (SSSR count). The molecule has 1 N–H and O–H groups in total. The normalized spacial score (nSPS) is 12.9. The lowest BCUT2D eigenvalue weighted by atomic mass is 10.1. The van der Waals surface area contributed by atoms with Gasteiger partial charge in [-0.3, -0.25) is 9.71 Å². The van der Waals surface area contributed by atoms with Crippen LogP contribution >= 0.6 is 28.7 Å². The third kappa shape index (κ3) is 2.95. The second kappa shape index (κ2) is 5.70. The minimum absolute atomic E-state index is 0.108. The minimum Gasteiger partial charge on any atom is -0.380 e. The number of nitrogens with one attached hydrogen (secondary N) is 1. The van der Waals surface area contributed by atoms with Gasteiger partial charge >= 0.3 is 0 Å². The van der Waals surface area contributed by atoms with Crippen molar-refractivity contribution in [3.8, 4) is 0 Å². The Bertz CT molecular complexity index is 309. The van der Waals surface area contributed by atoms with Crippen LogP contribution in [0, 0.1) is 0 Å². The molecule has 0 aliphatic heterocycles. The van der Waals surface area contributed by atoms with E-state index in [2.05, 4.69) is 38.5 Å². The lowest BCUT2D eigenvalue weighted by Crippen LogP contribution is -2.12. The molecule has 0 radical (unpaired) electrons. The van der Waals surface area contributed by atoms with E-state index in [1.165, 1.54) is 0 Å². The van der Waals surface area contributed by atoms with Crippen LogP contribution in [0.15, 0.2) is 16.7 Å². The molecule has 0 unspecified atom stereocenters. The van der Waals surface area contributed by atoms with E-state index in [0.717, 1.165) is 15.7 Å². The molecular weight excluding hydrogens is 264 g/mol. The Labute approximate surface area is 97.9 Å². The van der Waals surface area contributed by atoms with Gasteiger partial charge in [0.05, 0.1) is 18.3 Å². The molecule has 1 atom stereocenters. The molecule has 0 aliphatic carbocycles. The molecule has 14 heavy (non-hydrogen) atoms. The van der Waals surface area contributed by atoms with Crippen LogP contribution in [0.1, 0.15) is 24.2 Å². The molecule has 0 amide bonds. The lowest BCUT2D eigenvalue weighted by Gasteiger charge is -2.13. The SMILES string of the molecule is COCc1cc(Br)cnc1[C@H](C)NS. The molecule has 1 aromatic heterocycles. The van der Waals surface area contributed by atoms with Gasteiger partial charge in [-0.05, 0) is 28.9 Å². The molecule has 78 valence electrons. The van der Waals surface area contributed by atoms with Gasteiger partial charge in [0, 0.05) is 23.3 Å². The van der Waals surface area contributed by atoms with Gasteiger partial charge in [0.25, 0.3) is 0 Å². The summed E-state index contributed by atoms with van der Waals surface area (Å²) in [5, 5.41) is 0. The molecule has 0 spiro atoms. The monoisotopic (exact) mass is 276 g/mol. The first-order chi connectivity index (χ1) is 6.69. The summed E-state index contributed by atoms with van der Waals surface area (Å²) >= 11 is 7.41. The third-order valence-corrected chi connectivity index (χ3v) is 2.69. The topological polar surface area (TPSA) is 34.1 Å². The van der Waals surface area contributed by atoms with E-state index < -0.39 is 0 Å². The highest BCUT2D eigenvalue weighted by Gasteiger charge is 2.10. The van der Waals surface area contributed by atoms with Crippen LogP contribution in [0.3, 0.4) is 0 Å². The van der Waals surface area contributed by atoms with Gasteiger partial charge in [-0.1, -0.05) is 12.8 Å². The van der Waals surface area contributed by atoms with Crippen molar-refractivity contribution >= 4 is 28.7 Å². The van der Waals surface area contributed by atoms with E-state index in [1.54, 1.807) is 13.3 Å². The van der Waals surface area contributed by atoms with Crippen molar-refractivity contribution in [1.82, 2.24) is 9.71 Å². The van der Waals surface area contributed by atoms with Crippen molar-refractivity contribution in [3.63, 3.8) is 0 Å². The summed E-state index contributed by atoms with van der Waals surface area (Å²) in [4.78, 5) is 4.33. The lowest BCUT2D eigenvalue weighted by molar-refractivity contribution is 0.183. The summed E-state index contributed by atoms with van der Waals surface area (Å²) in [6.45, 7) is 2.56. The van der Waals surface area contributed by atoms with Gasteiger partial charge in [0.1, 0.15) is 0 Å². The van der Waals surface area contributed by atoms with Crippen molar-refractivity contribution in [3.05, 3.63) is 28.0 Å². The molecule has 0 fully saturated rings. The van der Waals surface area contributed by atoms with Crippen molar-refractivity contribution in [2.24, 2.45) is 0 Å². The fourth-order valence-electron chi connectivity index (χ4n) is 1.21. The molecule has 0 aliphatic rings. The number of halogens is 1. The number of hydrogen-bond acceptors (Lipinski definition) is 4. The summed E-state index contributed by atoms with van der Waals surface area (Å²) in [5.74, 6) is 0. The van der Waals surface area contributed by atoms with E-state index >= 15 is 0 Å². The first kappa shape index (κ1) is 12.0. The Morgan fingerprint density at radius 3 is 3.00 bits per heavy atom. The van der Waals surface area contributed by atoms with E-state index in [9.17, 15) is 0 Å². The molecule has 0 saturated carbocycles. The molecule has 3 nitrogen and oxygen atoms in total. The zero-order chi connectivity index (χ0) is 10.6. The molecule has 1 heterocycles. The number of pyridine rings is 1. The molecule has 1 aromatic rings. The number of hydrogen-bond donors (Lipinski definition) is 2. The Morgan fingerprint density at radius 2 is 2.43 bits per heavy atom. The molecular formula is C9H13BrN2OS. The quantitative estimate of drug-likeness (QED) is 0.830. The van der Waals surface area contributed by atoms with Gasteiger partial charge < -0.3 is 4.74 Å². The number of aromatic nitrogens is 1. The predicted molar refractivity (Wildman–Crippen MR) is 63.2 cm³/mol. The van der Waals surface area contributed by atoms with Crippen LogP contribution in [0.4, 0.5) is 0 Å². The number of methoxy groups -OCH3 is 1. The largest absolute Gasteiger partial charge is 0.380 e. The third-order valence-electron chi connectivity index (χ3n) is 1.87. The van der Waals surface area contributed by atoms with Crippen LogP contribution in [-0.4, -0.2) is 12.1 Å². The minimum atomic E-state index is 0.108. The smallest absolute Gasteiger partial charge is 0.0731 e. The van der Waals surface area contributed by atoms with E-state index in [4.69, 9.17) is 4.74 Å². The average molecular weight is 277 g/mol. The van der Waals surface area contributed by atoms with Gasteiger partial charge in [-0.2, -0.15) is 0 Å². The van der Waals surface area contributed by atoms with E-state index in [0.29, 0.717) is 6.61 Å². The highest BCUT2D eigenvalue weighted by molar-refractivity contribution is 9.10. The van der Waals surface area contributed by atoms with E-state index in [-0.39, 0.29) is 6.04 Å². The molecule has 0 bridgehead atoms. The number of thiol groups is 1. The van der Waals surface area contributed by atoms with Gasteiger partial charge in [0.2, 0.25) is 0 Å². The predicted octanol–water partition coefficient (Wildman–Crippen LogP) is 2.49. The zero-order valence-corrected chi connectivity index (χ0v) is 10.6. The van der Waals surface area contributed by atoms with Crippen LogP contribution in [0.25, 0.3) is 0 Å². The first-order valence-electron chi connectivity index (χ1n) is 4.22. The standard InChI is InChI=1S/C9H13BrN2OS/c1-6(12-14)9-7(5-13-2)3-8(10)4-11-9/h3-4,6,12,14H,5H2,1-2H3/t6-/m0/s1. The maximum absolute atomic E-state index is 5.10. The molecule has 0 saturated heterocycles. The summed E-state index contributed by atoms with van der Waals surface area (Å²) in [6, 6.07) is 2.12. The van der Waals surface area contributed by atoms with Crippen LogP contribution in [0.2, 0.25) is 0 Å². The number of rotatable bonds is 4. The highest BCUT2D eigenvalue weighted by Crippen LogP contribution is 2.20. The molecule has 5 heteroatoms. The fourth-order valence-corrected chi connectivity index (χ4v) is 1.71. The van der Waals surface area contributed by atoms with Crippen LogP contribution in [0.5, 0.6) is 0 Å².